The number of rotatable bonds is 28. The number of hydrogen-bond donors (Lipinski definition) is 19. The molecule has 44 heteroatoms. The molecule has 14 atom stereocenters. The summed E-state index contributed by atoms with van der Waals surface area (Å²) in [6, 6.07) is 6.92. The van der Waals surface area contributed by atoms with Crippen molar-refractivity contribution in [2.24, 2.45) is 23.1 Å². The van der Waals surface area contributed by atoms with Gasteiger partial charge in [0.25, 0.3) is 0 Å². The minimum Gasteiger partial charge on any atom is -0.508 e. The lowest BCUT2D eigenvalue weighted by Crippen LogP contribution is -2.61. The van der Waals surface area contributed by atoms with Crippen molar-refractivity contribution in [1.82, 2.24) is 97.6 Å². The van der Waals surface area contributed by atoms with Crippen molar-refractivity contribution in [3.05, 3.63) is 156 Å². The number of carboxylic acid groups (broad SMARTS) is 1. The molecule has 3 aromatic heterocycles. The van der Waals surface area contributed by atoms with E-state index in [2.05, 4.69) is 73.1 Å². The normalized spacial score (nSPS) is 23.5. The van der Waals surface area contributed by atoms with Gasteiger partial charge < -0.3 is 125 Å². The number of para-hydroxylation sites is 2. The average molecular weight is 1950 g/mol. The lowest BCUT2D eigenvalue weighted by molar-refractivity contribution is -0.149. The van der Waals surface area contributed by atoms with Crippen LogP contribution in [0.15, 0.2) is 128 Å². The summed E-state index contributed by atoms with van der Waals surface area (Å²) in [4.78, 5) is 283. The number of carboxylic acids is 1. The van der Waals surface area contributed by atoms with E-state index in [9.17, 15) is 58.5 Å². The van der Waals surface area contributed by atoms with Crippen molar-refractivity contribution >= 4 is 140 Å². The van der Waals surface area contributed by atoms with E-state index in [4.69, 9.17) is 17.2 Å². The predicted molar refractivity (Wildman–Crippen MR) is 511 cm³/mol. The number of aromatic amines is 3. The SMILES string of the molecule is CCCC[C@H]1C(=O)N(C)[C@@H](CCCC)C(=O)N[C@@H](CC(C)C)C(=O)N[C@H](C(=O)NCC(N)=O)CSCC(=O)N[C@@H](Cc2ccc(O)cc2)C(=O)N(C)[C@@H](C)C(=O)N[C@@H](CC(N)=O)C(=O)N(Cc2ccccc2)CC(=O)N[C@@H](Cc2cnc[nH]2)C(=O)N[C@@H](CCC(=O)O)C(=O)N2C[C@H](O)C[C@H]2C(=O)N[C@@H](Cc2c[nH]c3ccccc23)C(=O)N[C@@H](CCN)C(=O)N[C@@H](Cc2c[nH]c3ccccc23)C(=O)N1C. The van der Waals surface area contributed by atoms with E-state index in [-0.39, 0.29) is 68.9 Å². The molecule has 0 radical (unpaired) electrons. The number of benzene rings is 4. The molecular weight excluding hydrogens is 1820 g/mol. The molecule has 2 aliphatic rings. The molecule has 2 saturated heterocycles. The summed E-state index contributed by atoms with van der Waals surface area (Å²) in [5.74, 6) is -19.4. The van der Waals surface area contributed by atoms with Crippen LogP contribution in [0.5, 0.6) is 5.75 Å². The van der Waals surface area contributed by atoms with Gasteiger partial charge in [0.05, 0.1) is 37.7 Å². The smallest absolute Gasteiger partial charge is 0.303 e. The lowest BCUT2D eigenvalue weighted by atomic mass is 9.99. The maximum absolute atomic E-state index is 15.8. The summed E-state index contributed by atoms with van der Waals surface area (Å²) >= 11 is 0.781. The highest BCUT2D eigenvalue weighted by Gasteiger charge is 2.46. The number of phenolic OH excluding ortho intramolecular Hbond substituents is 1. The number of carbonyl (C=O) groups is 18. The standard InChI is InChI=1S/C95H128N22O21S/c1-9-11-26-75-89(132)108-68(36-53(3)4)86(129)112-74(84(127)102-46-79(98)121)50-139-51-81(123)105-71(37-55-28-30-60(118)31-29-55)91(134)113(6)54(5)83(126)110-73(42-78(97)120)93(136)116(47-56-20-14-13-15-21-56)49-80(122)104-70(40-59-45-99-52-103-59)88(131)107-67(32-33-82(124)125)94(137)117-48-61(119)41-77(117)90(133)109-69(38-57-43-100-64-24-18-16-22-62(57)64)87(130)106-66(34-35-96)85(128)111-72(39-58-44-101-65-25-19-17-23-63(58)65)92(135)115(8)76(27-12-10-2)95(138)114(75)7/h13-25,28-31,43-45,52-54,61,66-77,100-101,118-119H,9-12,26-27,32-42,46-51,96H2,1-8H3,(H2,97,120)(H2,98,121)(H,99,103)(H,102,127)(H,104,122)(H,105,123)(H,106,130)(H,107,131)(H,108,132)(H,109,133)(H,110,126)(H,111,128)(H,112,129)(H,124,125)/t54-,61+,66-,67-,68-,69-,70-,71-,72-,73-,74-,75-,76-,77-/m0/s1. The number of likely N-dealkylation sites (N-methyl/N-ethyl adjacent to an activating group) is 3. The van der Waals surface area contributed by atoms with E-state index in [0.717, 1.165) is 26.5 Å². The fourth-order valence-electron chi connectivity index (χ4n) is 16.6. The summed E-state index contributed by atoms with van der Waals surface area (Å²) in [5.41, 5.74) is 20.8. The largest absolute Gasteiger partial charge is 0.508 e. The Morgan fingerprint density at radius 1 is 0.532 bits per heavy atom. The number of fused-ring (bicyclic) bond motifs is 3. The Labute approximate surface area is 807 Å². The second-order valence-electron chi connectivity index (χ2n) is 35.4. The van der Waals surface area contributed by atoms with E-state index in [1.807, 2.05) is 13.8 Å². The Morgan fingerprint density at radius 2 is 1.07 bits per heavy atom. The van der Waals surface area contributed by atoms with Gasteiger partial charge in [0.2, 0.25) is 100 Å². The number of thioether (sulfide) groups is 1. The summed E-state index contributed by atoms with van der Waals surface area (Å²) < 4.78 is 0. The van der Waals surface area contributed by atoms with Gasteiger partial charge in [-0.1, -0.05) is 132 Å². The Balaban J connectivity index is 1.12. The maximum atomic E-state index is 15.8. The second-order valence-corrected chi connectivity index (χ2v) is 36.4. The number of H-pyrrole nitrogens is 3. The number of aliphatic hydroxyl groups excluding tert-OH is 1. The van der Waals surface area contributed by atoms with Gasteiger partial charge in [0.1, 0.15) is 84.3 Å². The zero-order valence-electron chi connectivity index (χ0n) is 79.1. The Bertz CT molecular complexity index is 5490. The van der Waals surface area contributed by atoms with Crippen LogP contribution in [0.25, 0.3) is 21.8 Å². The Hall–Kier alpha value is -14.3. The molecule has 0 bridgehead atoms. The van der Waals surface area contributed by atoms with Crippen molar-refractivity contribution in [1.29, 1.82) is 0 Å². The highest BCUT2D eigenvalue weighted by Crippen LogP contribution is 2.28. The number of aromatic nitrogens is 4. The molecule has 2 fully saturated rings. The molecule has 139 heavy (non-hydrogen) atoms. The number of hydrogen-bond acceptors (Lipinski definition) is 23. The van der Waals surface area contributed by atoms with Gasteiger partial charge in [0.15, 0.2) is 0 Å². The lowest BCUT2D eigenvalue weighted by Gasteiger charge is -2.36. The monoisotopic (exact) mass is 1940 g/mol. The van der Waals surface area contributed by atoms with E-state index in [1.54, 1.807) is 105 Å². The maximum Gasteiger partial charge on any atom is 0.303 e. The molecule has 22 N–H and O–H groups in total. The zero-order valence-corrected chi connectivity index (χ0v) is 79.9. The number of unbranched alkanes of at least 4 members (excludes halogenated alkanes) is 2. The number of nitrogens with one attached hydrogen (secondary N) is 13. The molecule has 17 amide bonds. The first-order valence-electron chi connectivity index (χ1n) is 46.3. The third kappa shape index (κ3) is 31.4. The predicted octanol–water partition coefficient (Wildman–Crippen LogP) is -0.933. The molecule has 0 saturated carbocycles. The van der Waals surface area contributed by atoms with Crippen LogP contribution in [0.1, 0.15) is 140 Å². The van der Waals surface area contributed by atoms with Gasteiger partial charge in [-0.15, -0.1) is 11.8 Å². The molecular formula is C95H128N22O21S. The quantitative estimate of drug-likeness (QED) is 0.0282. The number of primary amides is 2. The summed E-state index contributed by atoms with van der Waals surface area (Å²) in [7, 11) is 3.95. The summed E-state index contributed by atoms with van der Waals surface area (Å²) in [6.07, 6.45) is 1.63. The topological polar surface area (TPSA) is 643 Å². The van der Waals surface area contributed by atoms with Crippen molar-refractivity contribution in [3.8, 4) is 5.75 Å². The number of nitrogens with two attached hydrogens (primary N) is 3. The number of aromatic hydroxyl groups is 1. The molecule has 0 spiro atoms. The summed E-state index contributed by atoms with van der Waals surface area (Å²) in [5, 5.41) is 59.6. The van der Waals surface area contributed by atoms with E-state index >= 15 is 43.2 Å². The van der Waals surface area contributed by atoms with Gasteiger partial charge in [-0.2, -0.15) is 0 Å². The van der Waals surface area contributed by atoms with Crippen LogP contribution in [0, 0.1) is 5.92 Å². The van der Waals surface area contributed by atoms with Gasteiger partial charge >= 0.3 is 5.97 Å². The van der Waals surface area contributed by atoms with Crippen LogP contribution < -0.4 is 70.4 Å². The first-order valence-corrected chi connectivity index (χ1v) is 47.4. The van der Waals surface area contributed by atoms with Gasteiger partial charge in [0, 0.05) is 125 Å². The third-order valence-corrected chi connectivity index (χ3v) is 25.3. The van der Waals surface area contributed by atoms with Crippen LogP contribution in [-0.4, -0.2) is 310 Å². The highest BCUT2D eigenvalue weighted by molar-refractivity contribution is 8.00. The van der Waals surface area contributed by atoms with Crippen molar-refractivity contribution in [2.45, 2.75) is 229 Å². The number of aliphatic hydroxyl groups is 1. The number of aliphatic carboxylic acids is 1. The number of imidazole rings is 1. The fraction of sp³-hybridized carbons (Fsp3) is 0.484. The van der Waals surface area contributed by atoms with Crippen LogP contribution >= 0.6 is 11.8 Å². The van der Waals surface area contributed by atoms with E-state index in [0.29, 0.717) is 69.7 Å². The number of nitrogens with zero attached hydrogens (tertiary/aromatic N) is 6. The van der Waals surface area contributed by atoms with Crippen LogP contribution in [0.4, 0.5) is 0 Å². The Morgan fingerprint density at radius 3 is 1.67 bits per heavy atom. The van der Waals surface area contributed by atoms with Crippen molar-refractivity contribution in [3.63, 3.8) is 0 Å². The van der Waals surface area contributed by atoms with Gasteiger partial charge in [-0.25, -0.2) is 4.98 Å². The first-order chi connectivity index (χ1) is 66.3. The number of amides is 17. The van der Waals surface area contributed by atoms with E-state index in [1.165, 1.54) is 74.7 Å². The molecule has 0 unspecified atom stereocenters. The fourth-order valence-corrected chi connectivity index (χ4v) is 17.5. The second kappa shape index (κ2) is 52.3. The number of carbonyl (C=O) groups excluding carboxylic acids is 17. The van der Waals surface area contributed by atoms with Crippen LogP contribution in [0.3, 0.4) is 0 Å². The molecule has 750 valence electrons. The van der Waals surface area contributed by atoms with Gasteiger partial charge in [-0.05, 0) is 98.0 Å². The molecule has 0 aliphatic carbocycles. The first kappa shape index (κ1) is 108. The molecule has 2 aliphatic heterocycles. The van der Waals surface area contributed by atoms with Gasteiger partial charge in [-0.3, -0.25) is 86.3 Å². The molecule has 4 aromatic carbocycles. The highest BCUT2D eigenvalue weighted by atomic mass is 32.2. The van der Waals surface area contributed by atoms with Crippen molar-refractivity contribution < 1.29 is 102 Å². The summed E-state index contributed by atoms with van der Waals surface area (Å²) in [6.45, 7) is 5.55. The molecule has 9 rings (SSSR count). The third-order valence-electron chi connectivity index (χ3n) is 24.3. The molecule has 43 nitrogen and oxygen atoms in total. The van der Waals surface area contributed by atoms with E-state index < -0.39 is 261 Å². The minimum absolute atomic E-state index is 0.0183. The molecule has 5 heterocycles. The zero-order chi connectivity index (χ0) is 101. The van der Waals surface area contributed by atoms with Crippen LogP contribution in [-0.2, 0) is 119 Å². The Kier molecular flexibility index (Phi) is 40.8. The number of phenols is 1. The van der Waals surface area contributed by atoms with Crippen molar-refractivity contribution in [2.75, 3.05) is 58.8 Å². The minimum atomic E-state index is -1.90. The molecule has 7 aromatic rings. The van der Waals surface area contributed by atoms with Crippen LogP contribution in [0.2, 0.25) is 0 Å². The average Bonchev–Trinajstić information content (AvgIpc) is 1.58.